The molecule has 26 heavy (non-hydrogen) atoms. The Balaban J connectivity index is 1.73. The fourth-order valence-corrected chi connectivity index (χ4v) is 2.68. The standard InChI is InChI=1S/C19H18N4O3/c1-13-6-2-4-8-16(13)21-19(26)22-20-10-14-11-23(12-18(24)25)17-9-5-3-7-15(14)17/h2-11H,12H2,1H3,(H,24,25)(H2,21,22,26). The third kappa shape index (κ3) is 3.89. The summed E-state index contributed by atoms with van der Waals surface area (Å²) in [5, 5.41) is 16.6. The number of hydrogen-bond donors (Lipinski definition) is 3. The molecule has 132 valence electrons. The molecule has 0 radical (unpaired) electrons. The highest BCUT2D eigenvalue weighted by Crippen LogP contribution is 2.20. The van der Waals surface area contributed by atoms with Gasteiger partial charge in [0.15, 0.2) is 0 Å². The van der Waals surface area contributed by atoms with E-state index < -0.39 is 12.0 Å². The number of carbonyl (C=O) groups is 2. The number of hydrazone groups is 1. The quantitative estimate of drug-likeness (QED) is 0.487. The summed E-state index contributed by atoms with van der Waals surface area (Å²) in [6, 6.07) is 14.4. The molecule has 2 aromatic carbocycles. The molecule has 0 aliphatic rings. The van der Waals surface area contributed by atoms with Crippen LogP contribution in [0.3, 0.4) is 0 Å². The second-order valence-electron chi connectivity index (χ2n) is 5.76. The van der Waals surface area contributed by atoms with Gasteiger partial charge < -0.3 is 15.0 Å². The second kappa shape index (κ2) is 7.52. The maximum Gasteiger partial charge on any atom is 0.339 e. The Morgan fingerprint density at radius 1 is 1.15 bits per heavy atom. The van der Waals surface area contributed by atoms with Gasteiger partial charge in [-0.2, -0.15) is 5.10 Å². The van der Waals surface area contributed by atoms with E-state index in [4.69, 9.17) is 5.11 Å². The van der Waals surface area contributed by atoms with E-state index in [0.29, 0.717) is 5.69 Å². The number of aliphatic carboxylic acids is 1. The van der Waals surface area contributed by atoms with Crippen molar-refractivity contribution in [3.63, 3.8) is 0 Å². The van der Waals surface area contributed by atoms with Gasteiger partial charge in [0, 0.05) is 28.4 Å². The van der Waals surface area contributed by atoms with E-state index in [1.165, 1.54) is 6.21 Å². The minimum Gasteiger partial charge on any atom is -0.480 e. The van der Waals surface area contributed by atoms with Crippen molar-refractivity contribution in [1.29, 1.82) is 0 Å². The van der Waals surface area contributed by atoms with Crippen molar-refractivity contribution in [2.75, 3.05) is 5.32 Å². The van der Waals surface area contributed by atoms with Crippen molar-refractivity contribution >= 4 is 34.8 Å². The molecule has 2 amide bonds. The topological polar surface area (TPSA) is 95.7 Å². The van der Waals surface area contributed by atoms with Crippen molar-refractivity contribution in [1.82, 2.24) is 9.99 Å². The summed E-state index contributed by atoms with van der Waals surface area (Å²) in [5.41, 5.74) is 5.58. The van der Waals surface area contributed by atoms with Crippen LogP contribution >= 0.6 is 0 Å². The molecule has 0 aliphatic heterocycles. The first-order valence-electron chi connectivity index (χ1n) is 8.00. The molecule has 7 heteroatoms. The van der Waals surface area contributed by atoms with E-state index in [-0.39, 0.29) is 6.54 Å². The van der Waals surface area contributed by atoms with Gasteiger partial charge in [-0.25, -0.2) is 10.2 Å². The van der Waals surface area contributed by atoms with Gasteiger partial charge in [0.25, 0.3) is 0 Å². The smallest absolute Gasteiger partial charge is 0.339 e. The average Bonchev–Trinajstić information content (AvgIpc) is 2.94. The molecule has 0 atom stereocenters. The number of benzene rings is 2. The fourth-order valence-electron chi connectivity index (χ4n) is 2.68. The maximum atomic E-state index is 12.0. The number of aromatic nitrogens is 1. The van der Waals surface area contributed by atoms with Gasteiger partial charge in [-0.1, -0.05) is 36.4 Å². The van der Waals surface area contributed by atoms with Gasteiger partial charge in [0.05, 0.1) is 6.21 Å². The Hall–Kier alpha value is -3.61. The Labute approximate surface area is 149 Å². The molecule has 0 saturated carbocycles. The zero-order chi connectivity index (χ0) is 18.5. The molecular weight excluding hydrogens is 332 g/mol. The molecule has 3 rings (SSSR count). The van der Waals surface area contributed by atoms with Crippen molar-refractivity contribution < 1.29 is 14.7 Å². The summed E-state index contributed by atoms with van der Waals surface area (Å²) in [6.07, 6.45) is 3.20. The largest absolute Gasteiger partial charge is 0.480 e. The first kappa shape index (κ1) is 17.2. The molecule has 3 N–H and O–H groups in total. The van der Waals surface area contributed by atoms with Crippen molar-refractivity contribution in [2.24, 2.45) is 5.10 Å². The van der Waals surface area contributed by atoms with Crippen LogP contribution in [-0.4, -0.2) is 27.9 Å². The molecule has 0 spiro atoms. The van der Waals surface area contributed by atoms with Crippen LogP contribution in [-0.2, 0) is 11.3 Å². The number of aryl methyl sites for hydroxylation is 1. The lowest BCUT2D eigenvalue weighted by Crippen LogP contribution is -2.24. The Bertz CT molecular complexity index is 991. The number of amides is 2. The summed E-state index contributed by atoms with van der Waals surface area (Å²) < 4.78 is 1.63. The lowest BCUT2D eigenvalue weighted by atomic mass is 10.2. The Kier molecular flexibility index (Phi) is 4.98. The van der Waals surface area contributed by atoms with E-state index in [1.807, 2.05) is 49.4 Å². The SMILES string of the molecule is Cc1ccccc1NC(=O)NN=Cc1cn(CC(=O)O)c2ccccc12. The van der Waals surface area contributed by atoms with E-state index in [0.717, 1.165) is 22.0 Å². The number of fused-ring (bicyclic) bond motifs is 1. The molecule has 0 saturated heterocycles. The summed E-state index contributed by atoms with van der Waals surface area (Å²) in [5.74, 6) is -0.926. The number of carboxylic acids is 1. The minimum atomic E-state index is -0.926. The number of rotatable bonds is 5. The number of carbonyl (C=O) groups excluding carboxylic acids is 1. The predicted octanol–water partition coefficient (Wildman–Crippen LogP) is 3.19. The molecule has 1 aromatic heterocycles. The van der Waals surface area contributed by atoms with Crippen LogP contribution in [0.4, 0.5) is 10.5 Å². The highest BCUT2D eigenvalue weighted by Gasteiger charge is 2.09. The monoisotopic (exact) mass is 350 g/mol. The van der Waals surface area contributed by atoms with E-state index >= 15 is 0 Å². The Morgan fingerprint density at radius 3 is 2.65 bits per heavy atom. The van der Waals surface area contributed by atoms with Crippen LogP contribution in [0.1, 0.15) is 11.1 Å². The van der Waals surface area contributed by atoms with Gasteiger partial charge in [-0.3, -0.25) is 4.79 Å². The third-order valence-corrected chi connectivity index (χ3v) is 3.89. The zero-order valence-electron chi connectivity index (χ0n) is 14.1. The lowest BCUT2D eigenvalue weighted by Gasteiger charge is -2.06. The van der Waals surface area contributed by atoms with Crippen LogP contribution in [0, 0.1) is 6.92 Å². The van der Waals surface area contributed by atoms with Crippen LogP contribution in [0.25, 0.3) is 10.9 Å². The van der Waals surface area contributed by atoms with Gasteiger partial charge in [-0.15, -0.1) is 0 Å². The summed E-state index contributed by atoms with van der Waals surface area (Å²) >= 11 is 0. The van der Waals surface area contributed by atoms with Gasteiger partial charge >= 0.3 is 12.0 Å². The number of anilines is 1. The van der Waals surface area contributed by atoms with Crippen LogP contribution in [0.5, 0.6) is 0 Å². The van der Waals surface area contributed by atoms with Crippen LogP contribution in [0.2, 0.25) is 0 Å². The number of urea groups is 1. The summed E-state index contributed by atoms with van der Waals surface area (Å²) in [6.45, 7) is 1.76. The summed E-state index contributed by atoms with van der Waals surface area (Å²) in [4.78, 5) is 23.0. The van der Waals surface area contributed by atoms with E-state index in [9.17, 15) is 9.59 Å². The summed E-state index contributed by atoms with van der Waals surface area (Å²) in [7, 11) is 0. The first-order valence-corrected chi connectivity index (χ1v) is 8.00. The Morgan fingerprint density at radius 2 is 1.88 bits per heavy atom. The predicted molar refractivity (Wildman–Crippen MR) is 101 cm³/mol. The normalized spacial score (nSPS) is 11.0. The number of hydrogen-bond acceptors (Lipinski definition) is 3. The fraction of sp³-hybridized carbons (Fsp3) is 0.105. The van der Waals surface area contributed by atoms with Crippen LogP contribution in [0.15, 0.2) is 59.8 Å². The van der Waals surface area contributed by atoms with E-state index in [2.05, 4.69) is 15.8 Å². The number of carboxylic acid groups (broad SMARTS) is 1. The molecule has 0 aliphatic carbocycles. The van der Waals surface area contributed by atoms with Crippen molar-refractivity contribution in [2.45, 2.75) is 13.5 Å². The van der Waals surface area contributed by atoms with E-state index in [1.54, 1.807) is 16.8 Å². The molecule has 0 bridgehead atoms. The molecule has 3 aromatic rings. The molecule has 0 unspecified atom stereocenters. The number of para-hydroxylation sites is 2. The highest BCUT2D eigenvalue weighted by atomic mass is 16.4. The van der Waals surface area contributed by atoms with Gasteiger partial charge in [0.2, 0.25) is 0 Å². The number of nitrogens with one attached hydrogen (secondary N) is 2. The van der Waals surface area contributed by atoms with Gasteiger partial charge in [-0.05, 0) is 24.6 Å². The average molecular weight is 350 g/mol. The molecule has 0 fully saturated rings. The highest BCUT2D eigenvalue weighted by molar-refractivity contribution is 6.00. The van der Waals surface area contributed by atoms with Crippen molar-refractivity contribution in [3.05, 3.63) is 65.9 Å². The third-order valence-electron chi connectivity index (χ3n) is 3.89. The maximum absolute atomic E-state index is 12.0. The van der Waals surface area contributed by atoms with Crippen LogP contribution < -0.4 is 10.7 Å². The number of nitrogens with zero attached hydrogens (tertiary/aromatic N) is 2. The molecule has 1 heterocycles. The van der Waals surface area contributed by atoms with Gasteiger partial charge in [0.1, 0.15) is 6.54 Å². The lowest BCUT2D eigenvalue weighted by molar-refractivity contribution is -0.137. The minimum absolute atomic E-state index is 0.143. The zero-order valence-corrected chi connectivity index (χ0v) is 14.1. The van der Waals surface area contributed by atoms with Crippen molar-refractivity contribution in [3.8, 4) is 0 Å². The molecular formula is C19H18N4O3. The molecule has 7 nitrogen and oxygen atoms in total. The first-order chi connectivity index (χ1) is 12.5. The second-order valence-corrected chi connectivity index (χ2v) is 5.76.